The van der Waals surface area contributed by atoms with Crippen LogP contribution in [0.25, 0.3) is 0 Å². The summed E-state index contributed by atoms with van der Waals surface area (Å²) in [5.41, 5.74) is 3.87. The number of H-pyrrole nitrogens is 1. The zero-order valence-corrected chi connectivity index (χ0v) is 15.1. The fraction of sp³-hybridized carbons (Fsp3) is 0.421. The van der Waals surface area contributed by atoms with Crippen LogP contribution >= 0.6 is 0 Å². The largest absolute Gasteiger partial charge is 0.494 e. The Kier molecular flexibility index (Phi) is 5.25. The van der Waals surface area contributed by atoms with Crippen LogP contribution in [0, 0.1) is 6.92 Å². The normalized spacial score (nSPS) is 15.8. The minimum Gasteiger partial charge on any atom is -0.494 e. The zero-order chi connectivity index (χ0) is 18.7. The van der Waals surface area contributed by atoms with Crippen molar-refractivity contribution in [2.75, 3.05) is 5.43 Å². The molecule has 1 aliphatic rings. The summed E-state index contributed by atoms with van der Waals surface area (Å²) in [5.74, 6) is -0.307. The van der Waals surface area contributed by atoms with Crippen LogP contribution in [0.1, 0.15) is 56.2 Å². The summed E-state index contributed by atoms with van der Waals surface area (Å²) in [7, 11) is 0. The van der Waals surface area contributed by atoms with Crippen LogP contribution in [0.2, 0.25) is 0 Å². The molecule has 7 heteroatoms. The van der Waals surface area contributed by atoms with Crippen molar-refractivity contribution in [2.24, 2.45) is 5.10 Å². The predicted molar refractivity (Wildman–Crippen MR) is 102 cm³/mol. The summed E-state index contributed by atoms with van der Waals surface area (Å²) in [5, 5.41) is 14.9. The molecule has 0 bridgehead atoms. The van der Waals surface area contributed by atoms with E-state index in [9.17, 15) is 14.7 Å². The van der Waals surface area contributed by atoms with Crippen LogP contribution < -0.4 is 16.7 Å². The topological polar surface area (TPSA) is 99.5 Å². The lowest BCUT2D eigenvalue weighted by Crippen LogP contribution is -2.36. The number of aromatic hydroxyl groups is 1. The highest BCUT2D eigenvalue weighted by molar-refractivity contribution is 6.00. The Bertz CT molecular complexity index is 937. The molecule has 3 rings (SSSR count). The van der Waals surface area contributed by atoms with Crippen molar-refractivity contribution in [1.82, 2.24) is 9.55 Å². The number of aromatic amines is 1. The highest BCUT2D eigenvalue weighted by Gasteiger charge is 2.24. The van der Waals surface area contributed by atoms with E-state index < -0.39 is 11.2 Å². The monoisotopic (exact) mass is 356 g/mol. The maximum absolute atomic E-state index is 12.3. The Labute approximate surface area is 151 Å². The van der Waals surface area contributed by atoms with Gasteiger partial charge in [0.2, 0.25) is 5.88 Å². The molecule has 0 spiro atoms. The van der Waals surface area contributed by atoms with Crippen molar-refractivity contribution in [3.05, 3.63) is 56.2 Å². The number of rotatable bonds is 4. The number of anilines is 1. The summed E-state index contributed by atoms with van der Waals surface area (Å²) < 4.78 is 1.31. The first kappa shape index (κ1) is 18.0. The smallest absolute Gasteiger partial charge is 0.331 e. The first-order valence-electron chi connectivity index (χ1n) is 8.93. The van der Waals surface area contributed by atoms with E-state index in [-0.39, 0.29) is 17.5 Å². The Balaban J connectivity index is 1.98. The molecule has 1 aliphatic carbocycles. The quantitative estimate of drug-likeness (QED) is 0.579. The molecule has 1 aromatic carbocycles. The number of nitrogens with zero attached hydrogens (tertiary/aromatic N) is 2. The van der Waals surface area contributed by atoms with Gasteiger partial charge in [-0.1, -0.05) is 37.5 Å². The molecular formula is C19H24N4O3. The van der Waals surface area contributed by atoms with Gasteiger partial charge in [0.05, 0.1) is 11.4 Å². The van der Waals surface area contributed by atoms with E-state index in [1.165, 1.54) is 4.57 Å². The average Bonchev–Trinajstić information content (AvgIpc) is 2.61. The Morgan fingerprint density at radius 2 is 1.92 bits per heavy atom. The number of hydrogen-bond acceptors (Lipinski definition) is 5. The van der Waals surface area contributed by atoms with E-state index in [0.29, 0.717) is 5.71 Å². The third kappa shape index (κ3) is 3.56. The molecule has 2 aromatic rings. The van der Waals surface area contributed by atoms with Crippen LogP contribution in [0.4, 0.5) is 5.69 Å². The van der Waals surface area contributed by atoms with Crippen molar-refractivity contribution in [3.63, 3.8) is 0 Å². The van der Waals surface area contributed by atoms with E-state index in [1.807, 2.05) is 31.2 Å². The van der Waals surface area contributed by atoms with Crippen LogP contribution in [-0.4, -0.2) is 20.4 Å². The number of para-hydroxylation sites is 1. The number of nitrogens with one attached hydrogen (secondary N) is 2. The number of hydrazone groups is 1. The molecule has 3 N–H and O–H groups in total. The molecule has 0 saturated heterocycles. The van der Waals surface area contributed by atoms with Crippen molar-refractivity contribution >= 4 is 11.4 Å². The van der Waals surface area contributed by atoms with E-state index in [0.717, 1.165) is 43.4 Å². The molecular weight excluding hydrogens is 332 g/mol. The summed E-state index contributed by atoms with van der Waals surface area (Å²) >= 11 is 0. The number of benzene rings is 1. The highest BCUT2D eigenvalue weighted by atomic mass is 16.3. The van der Waals surface area contributed by atoms with Gasteiger partial charge in [0, 0.05) is 6.04 Å². The highest BCUT2D eigenvalue weighted by Crippen LogP contribution is 2.30. The van der Waals surface area contributed by atoms with Gasteiger partial charge in [-0.25, -0.2) is 4.79 Å². The lowest BCUT2D eigenvalue weighted by Gasteiger charge is -2.25. The van der Waals surface area contributed by atoms with Gasteiger partial charge in [-0.2, -0.15) is 5.10 Å². The molecule has 138 valence electrons. The third-order valence-corrected chi connectivity index (χ3v) is 4.91. The summed E-state index contributed by atoms with van der Waals surface area (Å²) in [6.45, 7) is 3.58. The minimum absolute atomic E-state index is 0.0243. The second-order valence-corrected chi connectivity index (χ2v) is 6.74. The van der Waals surface area contributed by atoms with E-state index in [1.54, 1.807) is 6.92 Å². The fourth-order valence-corrected chi connectivity index (χ4v) is 3.44. The first-order chi connectivity index (χ1) is 12.5. The summed E-state index contributed by atoms with van der Waals surface area (Å²) in [6.07, 6.45) is 4.77. The molecule has 0 aliphatic heterocycles. The van der Waals surface area contributed by atoms with Gasteiger partial charge >= 0.3 is 5.69 Å². The van der Waals surface area contributed by atoms with E-state index in [4.69, 9.17) is 0 Å². The van der Waals surface area contributed by atoms with Gasteiger partial charge < -0.3 is 5.11 Å². The second kappa shape index (κ2) is 7.59. The summed E-state index contributed by atoms with van der Waals surface area (Å²) in [6, 6.07) is 7.53. The maximum atomic E-state index is 12.3. The van der Waals surface area contributed by atoms with Crippen LogP contribution in [-0.2, 0) is 0 Å². The van der Waals surface area contributed by atoms with Gasteiger partial charge in [0.15, 0.2) is 0 Å². The molecule has 1 saturated carbocycles. The lowest BCUT2D eigenvalue weighted by atomic mass is 9.95. The van der Waals surface area contributed by atoms with Crippen LogP contribution in [0.15, 0.2) is 39.0 Å². The lowest BCUT2D eigenvalue weighted by molar-refractivity contribution is 0.298. The van der Waals surface area contributed by atoms with E-state index >= 15 is 0 Å². The van der Waals surface area contributed by atoms with Gasteiger partial charge in [0.1, 0.15) is 5.56 Å². The molecule has 26 heavy (non-hydrogen) atoms. The second-order valence-electron chi connectivity index (χ2n) is 6.74. The van der Waals surface area contributed by atoms with Crippen molar-refractivity contribution in [3.8, 4) is 5.88 Å². The van der Waals surface area contributed by atoms with Gasteiger partial charge in [-0.3, -0.25) is 19.8 Å². The van der Waals surface area contributed by atoms with Crippen molar-refractivity contribution in [2.45, 2.75) is 52.0 Å². The molecule has 7 nitrogen and oxygen atoms in total. The number of hydrogen-bond donors (Lipinski definition) is 3. The van der Waals surface area contributed by atoms with Crippen LogP contribution in [0.5, 0.6) is 5.88 Å². The molecule has 0 atom stereocenters. The summed E-state index contributed by atoms with van der Waals surface area (Å²) in [4.78, 5) is 26.8. The molecule has 1 aromatic heterocycles. The van der Waals surface area contributed by atoms with Crippen LogP contribution in [0.3, 0.4) is 0 Å². The predicted octanol–water partition coefficient (Wildman–Crippen LogP) is 2.89. The molecule has 1 heterocycles. The first-order valence-corrected chi connectivity index (χ1v) is 8.93. The maximum Gasteiger partial charge on any atom is 0.331 e. The number of aromatic nitrogens is 2. The molecule has 0 radical (unpaired) electrons. The van der Waals surface area contributed by atoms with Gasteiger partial charge in [0.25, 0.3) is 5.56 Å². The number of aryl methyl sites for hydroxylation is 1. The van der Waals surface area contributed by atoms with Gasteiger partial charge in [-0.05, 0) is 38.3 Å². The third-order valence-electron chi connectivity index (χ3n) is 4.91. The Morgan fingerprint density at radius 1 is 1.23 bits per heavy atom. The Hall–Kier alpha value is -2.83. The Morgan fingerprint density at radius 3 is 2.62 bits per heavy atom. The standard InChI is InChI=1S/C19H24N4O3/c1-12-8-6-7-11-15(12)22-21-13(2)16-17(24)20-19(26)23(18(16)25)14-9-4-3-5-10-14/h6-8,11,14,22,25H,3-5,9-10H2,1-2H3,(H,20,24,26)/b21-13+. The zero-order valence-electron chi connectivity index (χ0n) is 15.1. The SMILES string of the molecule is C/C(=N\Nc1ccccc1C)c1c(O)n(C2CCCCC2)c(=O)[nH]c1=O. The fourth-order valence-electron chi connectivity index (χ4n) is 3.44. The minimum atomic E-state index is -0.632. The average molecular weight is 356 g/mol. The molecule has 0 amide bonds. The van der Waals surface area contributed by atoms with E-state index in [2.05, 4.69) is 15.5 Å². The van der Waals surface area contributed by atoms with Gasteiger partial charge in [-0.15, -0.1) is 0 Å². The van der Waals surface area contributed by atoms with Crippen molar-refractivity contribution < 1.29 is 5.11 Å². The molecule has 1 fully saturated rings. The molecule has 0 unspecified atom stereocenters. The van der Waals surface area contributed by atoms with Crippen molar-refractivity contribution in [1.29, 1.82) is 0 Å².